The lowest BCUT2D eigenvalue weighted by Crippen LogP contribution is -1.88. The summed E-state index contributed by atoms with van der Waals surface area (Å²) in [7, 11) is 0. The topological polar surface area (TPSA) is 54.7 Å². The van der Waals surface area contributed by atoms with Crippen LogP contribution in [0.3, 0.4) is 0 Å². The van der Waals surface area contributed by atoms with Gasteiger partial charge in [-0.25, -0.2) is 9.37 Å². The molecule has 0 unspecified atom stereocenters. The fraction of sp³-hybridized carbons (Fsp3) is 0. The molecule has 0 spiro atoms. The highest BCUT2D eigenvalue weighted by molar-refractivity contribution is 5.86. The lowest BCUT2D eigenvalue weighted by atomic mass is 10.2. The zero-order chi connectivity index (χ0) is 11.8. The van der Waals surface area contributed by atoms with Crippen LogP contribution in [0.1, 0.15) is 0 Å². The van der Waals surface area contributed by atoms with Crippen molar-refractivity contribution in [2.45, 2.75) is 0 Å². The van der Waals surface area contributed by atoms with E-state index < -0.39 is 0 Å². The van der Waals surface area contributed by atoms with Gasteiger partial charge in [0.05, 0.1) is 5.52 Å². The third kappa shape index (κ3) is 1.63. The van der Waals surface area contributed by atoms with Crippen LogP contribution < -0.4 is 5.73 Å². The van der Waals surface area contributed by atoms with E-state index in [1.54, 1.807) is 18.3 Å². The van der Waals surface area contributed by atoms with Crippen molar-refractivity contribution in [2.24, 2.45) is 0 Å². The third-order valence-corrected chi connectivity index (χ3v) is 2.70. The highest BCUT2D eigenvalue weighted by Crippen LogP contribution is 2.25. The summed E-state index contributed by atoms with van der Waals surface area (Å²) < 4.78 is 13.5. The Kier molecular flexibility index (Phi) is 2.08. The molecule has 3 aromatic rings. The molecule has 0 saturated heterocycles. The summed E-state index contributed by atoms with van der Waals surface area (Å²) in [6, 6.07) is 10.5. The Bertz CT molecular complexity index is 671. The van der Waals surface area contributed by atoms with E-state index in [1.165, 1.54) is 6.07 Å². The number of H-pyrrole nitrogens is 1. The van der Waals surface area contributed by atoms with Crippen molar-refractivity contribution in [1.82, 2.24) is 9.97 Å². The minimum atomic E-state index is -0.253. The number of fused-ring (bicyclic) bond motifs is 1. The number of nitrogens with zero attached hydrogens (tertiary/aromatic N) is 1. The molecule has 2 heterocycles. The number of hydrogen-bond donors (Lipinski definition) is 2. The van der Waals surface area contributed by atoms with E-state index in [0.717, 1.165) is 16.6 Å². The van der Waals surface area contributed by atoms with Crippen molar-refractivity contribution in [1.29, 1.82) is 0 Å². The quantitative estimate of drug-likeness (QED) is 0.671. The average Bonchev–Trinajstić information content (AvgIpc) is 2.75. The molecule has 0 saturated carbocycles. The number of anilines is 1. The van der Waals surface area contributed by atoms with E-state index in [0.29, 0.717) is 11.3 Å². The fourth-order valence-corrected chi connectivity index (χ4v) is 1.84. The Morgan fingerprint density at radius 1 is 1.18 bits per heavy atom. The Hall–Kier alpha value is -2.36. The molecule has 17 heavy (non-hydrogen) atoms. The van der Waals surface area contributed by atoms with Crippen LogP contribution in [0, 0.1) is 5.82 Å². The lowest BCUT2D eigenvalue weighted by Gasteiger charge is -1.97. The Labute approximate surface area is 97.1 Å². The fourth-order valence-electron chi connectivity index (χ4n) is 1.84. The van der Waals surface area contributed by atoms with Gasteiger partial charge in [0, 0.05) is 22.8 Å². The summed E-state index contributed by atoms with van der Waals surface area (Å²) in [4.78, 5) is 7.06. The van der Waals surface area contributed by atoms with Gasteiger partial charge in [0.1, 0.15) is 11.6 Å². The van der Waals surface area contributed by atoms with Crippen LogP contribution in [0.25, 0.3) is 22.2 Å². The molecule has 3 rings (SSSR count). The van der Waals surface area contributed by atoms with Gasteiger partial charge in [0.25, 0.3) is 0 Å². The van der Waals surface area contributed by atoms with Crippen molar-refractivity contribution in [3.05, 3.63) is 48.4 Å². The second-order valence-electron chi connectivity index (χ2n) is 3.86. The van der Waals surface area contributed by atoms with Crippen LogP contribution in [-0.4, -0.2) is 9.97 Å². The Morgan fingerprint density at radius 3 is 2.76 bits per heavy atom. The summed E-state index contributed by atoms with van der Waals surface area (Å²) in [5, 5.41) is 0.844. The molecular formula is C13H10FN3. The van der Waals surface area contributed by atoms with Gasteiger partial charge < -0.3 is 10.7 Å². The van der Waals surface area contributed by atoms with Gasteiger partial charge in [-0.15, -0.1) is 0 Å². The van der Waals surface area contributed by atoms with E-state index in [9.17, 15) is 4.39 Å². The maximum Gasteiger partial charge on any atom is 0.147 e. The molecule has 2 aromatic heterocycles. The smallest absolute Gasteiger partial charge is 0.147 e. The molecule has 84 valence electrons. The normalized spacial score (nSPS) is 10.9. The molecule has 0 amide bonds. The van der Waals surface area contributed by atoms with Crippen LogP contribution >= 0.6 is 0 Å². The first-order valence-corrected chi connectivity index (χ1v) is 5.23. The number of aromatic amines is 1. The van der Waals surface area contributed by atoms with E-state index in [4.69, 9.17) is 5.73 Å². The Morgan fingerprint density at radius 2 is 2.06 bits per heavy atom. The van der Waals surface area contributed by atoms with Crippen LogP contribution in [0.2, 0.25) is 0 Å². The van der Waals surface area contributed by atoms with Gasteiger partial charge >= 0.3 is 0 Å². The van der Waals surface area contributed by atoms with Crippen molar-refractivity contribution in [2.75, 3.05) is 5.73 Å². The predicted octanol–water partition coefficient (Wildman–Crippen LogP) is 2.95. The molecule has 0 bridgehead atoms. The molecule has 0 radical (unpaired) electrons. The number of nitrogens with two attached hydrogens (primary N) is 1. The van der Waals surface area contributed by atoms with Gasteiger partial charge in [0.15, 0.2) is 0 Å². The monoisotopic (exact) mass is 227 g/mol. The molecule has 4 heteroatoms. The number of aromatic nitrogens is 2. The number of benzene rings is 1. The summed E-state index contributed by atoms with van der Waals surface area (Å²) in [5.41, 5.74) is 7.75. The Balaban J connectivity index is 2.18. The maximum atomic E-state index is 13.5. The van der Waals surface area contributed by atoms with Crippen molar-refractivity contribution in [3.8, 4) is 11.3 Å². The molecule has 0 aliphatic rings. The number of para-hydroxylation sites is 1. The molecular weight excluding hydrogens is 217 g/mol. The number of halogens is 1. The molecule has 0 atom stereocenters. The number of nitrogens with one attached hydrogen (secondary N) is 1. The van der Waals surface area contributed by atoms with Crippen LogP contribution in [-0.2, 0) is 0 Å². The van der Waals surface area contributed by atoms with E-state index in [-0.39, 0.29) is 5.82 Å². The minimum Gasteiger partial charge on any atom is -0.384 e. The highest BCUT2D eigenvalue weighted by atomic mass is 19.1. The van der Waals surface area contributed by atoms with Crippen LogP contribution in [0.15, 0.2) is 42.6 Å². The number of hydrogen-bond acceptors (Lipinski definition) is 2. The first-order valence-electron chi connectivity index (χ1n) is 5.23. The maximum absolute atomic E-state index is 13.5. The minimum absolute atomic E-state index is 0.253. The van der Waals surface area contributed by atoms with Gasteiger partial charge in [0.2, 0.25) is 0 Å². The number of nitrogen functional groups attached to an aromatic ring is 1. The van der Waals surface area contributed by atoms with Gasteiger partial charge in [-0.1, -0.05) is 12.1 Å². The van der Waals surface area contributed by atoms with E-state index >= 15 is 0 Å². The zero-order valence-corrected chi connectivity index (χ0v) is 8.94. The summed E-state index contributed by atoms with van der Waals surface area (Å²) in [6.45, 7) is 0. The van der Waals surface area contributed by atoms with Crippen LogP contribution in [0.5, 0.6) is 0 Å². The first kappa shape index (κ1) is 9.84. The van der Waals surface area contributed by atoms with E-state index in [2.05, 4.69) is 9.97 Å². The largest absolute Gasteiger partial charge is 0.384 e. The molecule has 1 aromatic carbocycles. The van der Waals surface area contributed by atoms with Gasteiger partial charge in [-0.2, -0.15) is 0 Å². The van der Waals surface area contributed by atoms with E-state index in [1.807, 2.05) is 18.2 Å². The van der Waals surface area contributed by atoms with Crippen molar-refractivity contribution < 1.29 is 4.39 Å². The molecule has 0 aliphatic heterocycles. The number of pyridine rings is 1. The second kappa shape index (κ2) is 3.59. The average molecular weight is 227 g/mol. The summed E-state index contributed by atoms with van der Waals surface area (Å²) >= 11 is 0. The molecule has 0 aliphatic carbocycles. The van der Waals surface area contributed by atoms with Gasteiger partial charge in [-0.05, 0) is 24.3 Å². The van der Waals surface area contributed by atoms with Gasteiger partial charge in [-0.3, -0.25) is 0 Å². The molecule has 0 fully saturated rings. The second-order valence-corrected chi connectivity index (χ2v) is 3.86. The molecule has 3 nitrogen and oxygen atoms in total. The van der Waals surface area contributed by atoms with Crippen molar-refractivity contribution >= 4 is 16.7 Å². The molecule has 3 N–H and O–H groups in total. The standard InChI is InChI=1S/C13H10FN3/c14-10-3-1-2-8-6-11(17-13(8)10)9-4-5-12(15)16-7-9/h1-7,17H,(H2,15,16). The van der Waals surface area contributed by atoms with Crippen molar-refractivity contribution in [3.63, 3.8) is 0 Å². The zero-order valence-electron chi connectivity index (χ0n) is 8.94. The van der Waals surface area contributed by atoms with Crippen LogP contribution in [0.4, 0.5) is 10.2 Å². The predicted molar refractivity (Wildman–Crippen MR) is 65.9 cm³/mol. The number of rotatable bonds is 1. The lowest BCUT2D eigenvalue weighted by molar-refractivity contribution is 0.637. The first-order chi connectivity index (χ1) is 8.24. The summed E-state index contributed by atoms with van der Waals surface area (Å²) in [5.74, 6) is 0.216. The third-order valence-electron chi connectivity index (χ3n) is 2.70. The summed E-state index contributed by atoms with van der Waals surface area (Å²) in [6.07, 6.45) is 1.66. The highest BCUT2D eigenvalue weighted by Gasteiger charge is 2.06. The SMILES string of the molecule is Nc1ccc(-c2cc3cccc(F)c3[nH]2)cn1.